The Morgan fingerprint density at radius 3 is 2.65 bits per heavy atom. The molecule has 0 spiro atoms. The number of para-hydroxylation sites is 1. The van der Waals surface area contributed by atoms with Crippen LogP contribution in [-0.4, -0.2) is 38.2 Å². The summed E-state index contributed by atoms with van der Waals surface area (Å²) in [6.45, 7) is 1.09. The van der Waals surface area contributed by atoms with Crippen LogP contribution >= 0.6 is 11.3 Å². The van der Waals surface area contributed by atoms with Crippen molar-refractivity contribution in [1.29, 1.82) is 0 Å². The van der Waals surface area contributed by atoms with Gasteiger partial charge in [-0.15, -0.1) is 11.3 Å². The molecule has 160 valence electrons. The standard InChI is InChI=1S/C25H25NO4S/c1-28-21-13-16-9-10-26(24(23-8-5-11-31-23)19(16)14-22(21)29-2)25(27)18-12-17-6-3-4-7-20(17)30-15-18/h3-8,11,13-14,18,24H,9-10,12,15H2,1-2H3. The van der Waals surface area contributed by atoms with Crippen molar-refractivity contribution in [2.75, 3.05) is 27.4 Å². The average Bonchev–Trinajstić information content (AvgIpc) is 3.36. The summed E-state index contributed by atoms with van der Waals surface area (Å²) >= 11 is 1.68. The van der Waals surface area contributed by atoms with Gasteiger partial charge in [0, 0.05) is 11.4 Å². The van der Waals surface area contributed by atoms with Crippen molar-refractivity contribution in [3.63, 3.8) is 0 Å². The zero-order valence-corrected chi connectivity index (χ0v) is 18.5. The van der Waals surface area contributed by atoms with Gasteiger partial charge in [0.05, 0.1) is 26.2 Å². The molecule has 0 N–H and O–H groups in total. The molecule has 2 atom stereocenters. The summed E-state index contributed by atoms with van der Waals surface area (Å²) in [6, 6.07) is 16.1. The maximum absolute atomic E-state index is 13.8. The number of hydrogen-bond acceptors (Lipinski definition) is 5. The summed E-state index contributed by atoms with van der Waals surface area (Å²) in [5, 5.41) is 2.06. The van der Waals surface area contributed by atoms with E-state index in [4.69, 9.17) is 14.2 Å². The number of hydrogen-bond donors (Lipinski definition) is 0. The Bertz CT molecular complexity index is 1090. The largest absolute Gasteiger partial charge is 0.493 e. The van der Waals surface area contributed by atoms with Gasteiger partial charge in [0.2, 0.25) is 5.91 Å². The molecule has 2 aliphatic heterocycles. The summed E-state index contributed by atoms with van der Waals surface area (Å²) in [5.41, 5.74) is 3.41. The lowest BCUT2D eigenvalue weighted by atomic mass is 9.88. The minimum Gasteiger partial charge on any atom is -0.493 e. The molecule has 0 saturated heterocycles. The Labute approximate surface area is 186 Å². The lowest BCUT2D eigenvalue weighted by molar-refractivity contribution is -0.139. The first kappa shape index (κ1) is 19.9. The third-order valence-corrected chi connectivity index (χ3v) is 7.12. The molecule has 0 bridgehead atoms. The molecular weight excluding hydrogens is 410 g/mol. The van der Waals surface area contributed by atoms with Crippen molar-refractivity contribution < 1.29 is 19.0 Å². The van der Waals surface area contributed by atoms with Gasteiger partial charge < -0.3 is 19.1 Å². The van der Waals surface area contributed by atoms with Gasteiger partial charge in [-0.3, -0.25) is 4.79 Å². The number of thiophene rings is 1. The van der Waals surface area contributed by atoms with Crippen LogP contribution in [0.25, 0.3) is 0 Å². The molecule has 5 nitrogen and oxygen atoms in total. The number of benzene rings is 2. The van der Waals surface area contributed by atoms with Gasteiger partial charge in [-0.25, -0.2) is 0 Å². The Morgan fingerprint density at radius 1 is 1.06 bits per heavy atom. The lowest BCUT2D eigenvalue weighted by Gasteiger charge is -2.40. The number of rotatable bonds is 4. The van der Waals surface area contributed by atoms with Crippen molar-refractivity contribution in [2.45, 2.75) is 18.9 Å². The summed E-state index contributed by atoms with van der Waals surface area (Å²) in [6.07, 6.45) is 1.49. The Morgan fingerprint density at radius 2 is 1.87 bits per heavy atom. The number of carbonyl (C=O) groups is 1. The molecule has 0 radical (unpaired) electrons. The van der Waals surface area contributed by atoms with E-state index in [1.54, 1.807) is 25.6 Å². The fraction of sp³-hybridized carbons (Fsp3) is 0.320. The zero-order chi connectivity index (χ0) is 21.4. The molecule has 2 unspecified atom stereocenters. The number of amides is 1. The third-order valence-electron chi connectivity index (χ3n) is 6.20. The molecule has 3 heterocycles. The van der Waals surface area contributed by atoms with Crippen LogP contribution < -0.4 is 14.2 Å². The number of fused-ring (bicyclic) bond motifs is 2. The molecule has 1 amide bonds. The molecule has 5 rings (SSSR count). The van der Waals surface area contributed by atoms with E-state index >= 15 is 0 Å². The van der Waals surface area contributed by atoms with Crippen molar-refractivity contribution >= 4 is 17.2 Å². The third kappa shape index (κ3) is 3.55. The molecule has 1 aromatic heterocycles. The van der Waals surface area contributed by atoms with Crippen molar-refractivity contribution in [1.82, 2.24) is 4.90 Å². The predicted octanol–water partition coefficient (Wildman–Crippen LogP) is 4.49. The van der Waals surface area contributed by atoms with Crippen molar-refractivity contribution in [3.8, 4) is 17.2 Å². The molecular formula is C25H25NO4S. The molecule has 6 heteroatoms. The normalized spacial score (nSPS) is 19.7. The Balaban J connectivity index is 1.51. The number of nitrogens with zero attached hydrogens (tertiary/aromatic N) is 1. The average molecular weight is 436 g/mol. The monoisotopic (exact) mass is 435 g/mol. The molecule has 2 aromatic carbocycles. The first-order chi connectivity index (χ1) is 15.2. The molecule has 0 saturated carbocycles. The molecule has 3 aromatic rings. The first-order valence-electron chi connectivity index (χ1n) is 10.5. The molecule has 0 aliphatic carbocycles. The van der Waals surface area contributed by atoms with Crippen molar-refractivity contribution in [2.24, 2.45) is 5.92 Å². The maximum Gasteiger partial charge on any atom is 0.230 e. The summed E-state index contributed by atoms with van der Waals surface area (Å²) in [4.78, 5) is 16.9. The van der Waals surface area contributed by atoms with E-state index < -0.39 is 0 Å². The van der Waals surface area contributed by atoms with E-state index in [1.165, 1.54) is 5.56 Å². The van der Waals surface area contributed by atoms with Gasteiger partial charge in [-0.2, -0.15) is 0 Å². The van der Waals surface area contributed by atoms with E-state index in [0.717, 1.165) is 33.9 Å². The predicted molar refractivity (Wildman–Crippen MR) is 120 cm³/mol. The van der Waals surface area contributed by atoms with Gasteiger partial charge in [-0.05, 0) is 59.2 Å². The van der Waals surface area contributed by atoms with Gasteiger partial charge in [0.1, 0.15) is 12.4 Å². The van der Waals surface area contributed by atoms with Crippen LogP contribution in [0.15, 0.2) is 53.9 Å². The van der Waals surface area contributed by atoms with Crippen LogP contribution in [0.5, 0.6) is 17.2 Å². The van der Waals surface area contributed by atoms with Crippen LogP contribution in [0.1, 0.15) is 27.6 Å². The van der Waals surface area contributed by atoms with Gasteiger partial charge in [0.15, 0.2) is 11.5 Å². The van der Waals surface area contributed by atoms with Gasteiger partial charge in [0.25, 0.3) is 0 Å². The minimum absolute atomic E-state index is 0.131. The quantitative estimate of drug-likeness (QED) is 0.606. The molecule has 2 aliphatic rings. The van der Waals surface area contributed by atoms with Crippen molar-refractivity contribution in [3.05, 3.63) is 75.5 Å². The highest BCUT2D eigenvalue weighted by Crippen LogP contribution is 2.43. The van der Waals surface area contributed by atoms with Crippen LogP contribution in [0.3, 0.4) is 0 Å². The minimum atomic E-state index is -0.181. The van der Waals surface area contributed by atoms with Crippen LogP contribution in [0.2, 0.25) is 0 Å². The summed E-state index contributed by atoms with van der Waals surface area (Å²) in [7, 11) is 3.30. The SMILES string of the molecule is COc1cc2c(cc1OC)C(c1cccs1)N(C(=O)C1COc3ccccc3C1)CC2. The summed E-state index contributed by atoms with van der Waals surface area (Å²) in [5.74, 6) is 2.27. The second kappa shape index (κ2) is 8.27. The second-order valence-electron chi connectivity index (χ2n) is 7.93. The lowest BCUT2D eigenvalue weighted by Crippen LogP contribution is -2.46. The van der Waals surface area contributed by atoms with E-state index in [1.807, 2.05) is 41.3 Å². The number of carbonyl (C=O) groups excluding carboxylic acids is 1. The van der Waals surface area contributed by atoms with E-state index in [-0.39, 0.29) is 17.9 Å². The smallest absolute Gasteiger partial charge is 0.230 e. The number of methoxy groups -OCH3 is 2. The van der Waals surface area contributed by atoms with E-state index in [2.05, 4.69) is 17.5 Å². The fourth-order valence-corrected chi connectivity index (χ4v) is 5.51. The van der Waals surface area contributed by atoms with Crippen LogP contribution in [0, 0.1) is 5.92 Å². The maximum atomic E-state index is 13.8. The topological polar surface area (TPSA) is 48.0 Å². The van der Waals surface area contributed by atoms with Crippen LogP contribution in [0.4, 0.5) is 0 Å². The van der Waals surface area contributed by atoms with Crippen LogP contribution in [-0.2, 0) is 17.6 Å². The zero-order valence-electron chi connectivity index (χ0n) is 17.7. The fourth-order valence-electron chi connectivity index (χ4n) is 4.66. The van der Waals surface area contributed by atoms with E-state index in [0.29, 0.717) is 25.3 Å². The first-order valence-corrected chi connectivity index (χ1v) is 11.4. The number of ether oxygens (including phenoxy) is 3. The Kier molecular flexibility index (Phi) is 5.32. The second-order valence-corrected chi connectivity index (χ2v) is 8.90. The summed E-state index contributed by atoms with van der Waals surface area (Å²) < 4.78 is 17.0. The molecule has 31 heavy (non-hydrogen) atoms. The van der Waals surface area contributed by atoms with Gasteiger partial charge in [-0.1, -0.05) is 24.3 Å². The highest BCUT2D eigenvalue weighted by molar-refractivity contribution is 7.10. The Hall–Kier alpha value is -2.99. The highest BCUT2D eigenvalue weighted by Gasteiger charge is 2.38. The molecule has 0 fully saturated rings. The van der Waals surface area contributed by atoms with E-state index in [9.17, 15) is 4.79 Å². The highest BCUT2D eigenvalue weighted by atomic mass is 32.1. The van der Waals surface area contributed by atoms with Gasteiger partial charge >= 0.3 is 0 Å².